The number of halogens is 1. The smallest absolute Gasteiger partial charge is 0.191 e. The van der Waals surface area contributed by atoms with Crippen molar-refractivity contribution in [2.75, 3.05) is 54.6 Å². The average Bonchev–Trinajstić information content (AvgIpc) is 2.77. The Kier molecular flexibility index (Phi) is 12.8. The third-order valence-corrected chi connectivity index (χ3v) is 4.59. The van der Waals surface area contributed by atoms with Gasteiger partial charge < -0.3 is 29.7 Å². The highest BCUT2D eigenvalue weighted by molar-refractivity contribution is 14.0. The molecule has 0 aliphatic carbocycles. The van der Waals surface area contributed by atoms with Crippen LogP contribution in [0, 0.1) is 0 Å². The van der Waals surface area contributed by atoms with E-state index < -0.39 is 0 Å². The van der Waals surface area contributed by atoms with E-state index in [4.69, 9.17) is 19.2 Å². The highest BCUT2D eigenvalue weighted by Crippen LogP contribution is 2.31. The molecule has 0 aliphatic rings. The van der Waals surface area contributed by atoms with Crippen LogP contribution in [0.4, 0.5) is 0 Å². The van der Waals surface area contributed by atoms with Gasteiger partial charge in [-0.3, -0.25) is 4.99 Å². The first kappa shape index (κ1) is 26.8. The van der Waals surface area contributed by atoms with Crippen molar-refractivity contribution in [3.63, 3.8) is 0 Å². The summed E-state index contributed by atoms with van der Waals surface area (Å²) in [6.07, 6.45) is 0. The minimum absolute atomic E-state index is 0. The summed E-state index contributed by atoms with van der Waals surface area (Å²) in [6.45, 7) is 4.64. The van der Waals surface area contributed by atoms with E-state index in [0.29, 0.717) is 25.4 Å². The van der Waals surface area contributed by atoms with Gasteiger partial charge in [-0.15, -0.1) is 24.0 Å². The predicted octanol–water partition coefficient (Wildman–Crippen LogP) is 3.56. The first-order valence-electron chi connectivity index (χ1n) is 10.2. The van der Waals surface area contributed by atoms with Gasteiger partial charge in [0.05, 0.1) is 33.4 Å². The van der Waals surface area contributed by atoms with Gasteiger partial charge in [0.1, 0.15) is 12.4 Å². The highest BCUT2D eigenvalue weighted by atomic mass is 127. The SMILES string of the molecule is CCNC(=NCC(c1ccc(OC)c(OC)c1)N(C)C)NCCOc1ccccc1.I. The van der Waals surface area contributed by atoms with E-state index in [2.05, 4.69) is 28.5 Å². The summed E-state index contributed by atoms with van der Waals surface area (Å²) >= 11 is 0. The Morgan fingerprint density at radius 2 is 1.71 bits per heavy atom. The maximum Gasteiger partial charge on any atom is 0.191 e. The molecule has 7 nitrogen and oxygen atoms in total. The molecule has 0 aliphatic heterocycles. The number of nitrogens with zero attached hydrogens (tertiary/aromatic N) is 2. The molecule has 8 heteroatoms. The molecule has 0 radical (unpaired) electrons. The van der Waals surface area contributed by atoms with E-state index in [1.807, 2.05) is 56.6 Å². The van der Waals surface area contributed by atoms with E-state index in [-0.39, 0.29) is 30.0 Å². The lowest BCUT2D eigenvalue weighted by Crippen LogP contribution is -2.40. The van der Waals surface area contributed by atoms with Gasteiger partial charge in [0.15, 0.2) is 17.5 Å². The highest BCUT2D eigenvalue weighted by Gasteiger charge is 2.16. The summed E-state index contributed by atoms with van der Waals surface area (Å²) in [6, 6.07) is 15.9. The molecule has 0 aromatic heterocycles. The van der Waals surface area contributed by atoms with Gasteiger partial charge in [-0.05, 0) is 50.8 Å². The number of para-hydroxylation sites is 1. The van der Waals surface area contributed by atoms with E-state index in [0.717, 1.165) is 29.6 Å². The van der Waals surface area contributed by atoms with Crippen molar-refractivity contribution in [3.05, 3.63) is 54.1 Å². The number of ether oxygens (including phenoxy) is 3. The second-order valence-electron chi connectivity index (χ2n) is 6.90. The number of hydrogen-bond acceptors (Lipinski definition) is 5. The molecule has 0 spiro atoms. The van der Waals surface area contributed by atoms with Crippen LogP contribution in [0.1, 0.15) is 18.5 Å². The summed E-state index contributed by atoms with van der Waals surface area (Å²) in [5, 5.41) is 6.62. The zero-order chi connectivity index (χ0) is 21.8. The second kappa shape index (κ2) is 14.7. The number of hydrogen-bond donors (Lipinski definition) is 2. The Morgan fingerprint density at radius 3 is 2.32 bits per heavy atom. The fraction of sp³-hybridized carbons (Fsp3) is 0.435. The summed E-state index contributed by atoms with van der Waals surface area (Å²) in [7, 11) is 7.38. The van der Waals surface area contributed by atoms with Crippen LogP contribution in [-0.4, -0.2) is 65.4 Å². The van der Waals surface area contributed by atoms with Crippen LogP contribution in [0.15, 0.2) is 53.5 Å². The molecule has 0 bridgehead atoms. The van der Waals surface area contributed by atoms with Crippen molar-refractivity contribution >= 4 is 29.9 Å². The Labute approximate surface area is 203 Å². The van der Waals surface area contributed by atoms with E-state index in [9.17, 15) is 0 Å². The zero-order valence-corrected chi connectivity index (χ0v) is 21.4. The van der Waals surface area contributed by atoms with Gasteiger partial charge in [0.2, 0.25) is 0 Å². The third-order valence-electron chi connectivity index (χ3n) is 4.59. The van der Waals surface area contributed by atoms with Gasteiger partial charge >= 0.3 is 0 Å². The molecule has 172 valence electrons. The van der Waals surface area contributed by atoms with Crippen LogP contribution in [0.2, 0.25) is 0 Å². The number of likely N-dealkylation sites (N-methyl/N-ethyl adjacent to an activating group) is 1. The molecule has 0 fully saturated rings. The molecule has 2 aromatic rings. The predicted molar refractivity (Wildman–Crippen MR) is 137 cm³/mol. The van der Waals surface area contributed by atoms with Crippen LogP contribution in [0.25, 0.3) is 0 Å². The Bertz CT molecular complexity index is 788. The van der Waals surface area contributed by atoms with Crippen molar-refractivity contribution in [1.29, 1.82) is 0 Å². The first-order valence-corrected chi connectivity index (χ1v) is 10.2. The third kappa shape index (κ3) is 8.82. The van der Waals surface area contributed by atoms with Gasteiger partial charge in [0.25, 0.3) is 0 Å². The summed E-state index contributed by atoms with van der Waals surface area (Å²) in [4.78, 5) is 6.92. The first-order chi connectivity index (χ1) is 14.6. The molecule has 0 saturated carbocycles. The minimum Gasteiger partial charge on any atom is -0.493 e. The molecule has 2 aromatic carbocycles. The largest absolute Gasteiger partial charge is 0.493 e. The van der Waals surface area contributed by atoms with Gasteiger partial charge in [-0.1, -0.05) is 24.3 Å². The number of benzene rings is 2. The fourth-order valence-corrected chi connectivity index (χ4v) is 3.00. The van der Waals surface area contributed by atoms with Crippen LogP contribution in [-0.2, 0) is 0 Å². The maximum atomic E-state index is 5.74. The maximum absolute atomic E-state index is 5.74. The van der Waals surface area contributed by atoms with E-state index in [1.165, 1.54) is 0 Å². The standard InChI is InChI=1S/C23H34N4O3.HI/c1-6-24-23(25-14-15-30-19-10-8-7-9-11-19)26-17-20(27(2)3)18-12-13-21(28-4)22(16-18)29-5;/h7-13,16,20H,6,14-15,17H2,1-5H3,(H2,24,25,26);1H. The number of guanidine groups is 1. The Morgan fingerprint density at radius 1 is 1.00 bits per heavy atom. The summed E-state index contributed by atoms with van der Waals surface area (Å²) in [5.41, 5.74) is 1.12. The number of methoxy groups -OCH3 is 2. The molecule has 2 N–H and O–H groups in total. The van der Waals surface area contributed by atoms with Crippen LogP contribution < -0.4 is 24.8 Å². The van der Waals surface area contributed by atoms with Crippen LogP contribution >= 0.6 is 24.0 Å². The van der Waals surface area contributed by atoms with Gasteiger partial charge in [-0.2, -0.15) is 0 Å². The summed E-state index contributed by atoms with van der Waals surface area (Å²) < 4.78 is 16.5. The lowest BCUT2D eigenvalue weighted by atomic mass is 10.1. The lowest BCUT2D eigenvalue weighted by Gasteiger charge is -2.24. The molecular weight excluding hydrogens is 507 g/mol. The molecule has 2 rings (SSSR count). The average molecular weight is 542 g/mol. The molecule has 0 saturated heterocycles. The van der Waals surface area contributed by atoms with Gasteiger partial charge in [-0.25, -0.2) is 0 Å². The molecule has 1 atom stereocenters. The molecule has 1 unspecified atom stereocenters. The molecule has 31 heavy (non-hydrogen) atoms. The Hall–Kier alpha value is -2.20. The van der Waals surface area contributed by atoms with Crippen molar-refractivity contribution in [3.8, 4) is 17.2 Å². The summed E-state index contributed by atoms with van der Waals surface area (Å²) in [5.74, 6) is 3.06. The zero-order valence-electron chi connectivity index (χ0n) is 19.1. The molecule has 0 amide bonds. The quantitative estimate of drug-likeness (QED) is 0.196. The second-order valence-corrected chi connectivity index (χ2v) is 6.90. The number of aliphatic imine (C=N–C) groups is 1. The Balaban J connectivity index is 0.00000480. The van der Waals surface area contributed by atoms with Crippen molar-refractivity contribution in [2.45, 2.75) is 13.0 Å². The van der Waals surface area contributed by atoms with E-state index >= 15 is 0 Å². The van der Waals surface area contributed by atoms with Crippen molar-refractivity contribution < 1.29 is 14.2 Å². The normalized spacial score (nSPS) is 12.0. The number of nitrogens with one attached hydrogen (secondary N) is 2. The van der Waals surface area contributed by atoms with Gasteiger partial charge in [0, 0.05) is 6.54 Å². The van der Waals surface area contributed by atoms with Crippen LogP contribution in [0.3, 0.4) is 0 Å². The van der Waals surface area contributed by atoms with Crippen LogP contribution in [0.5, 0.6) is 17.2 Å². The minimum atomic E-state index is 0. The monoisotopic (exact) mass is 542 g/mol. The van der Waals surface area contributed by atoms with E-state index in [1.54, 1.807) is 14.2 Å². The number of rotatable bonds is 11. The topological polar surface area (TPSA) is 67.4 Å². The molecular formula is C23H35IN4O3. The van der Waals surface area contributed by atoms with Crippen molar-refractivity contribution in [1.82, 2.24) is 15.5 Å². The molecule has 0 heterocycles. The van der Waals surface area contributed by atoms with Crippen molar-refractivity contribution in [2.24, 2.45) is 4.99 Å². The fourth-order valence-electron chi connectivity index (χ4n) is 3.00. The lowest BCUT2D eigenvalue weighted by molar-refractivity contribution is 0.303.